The molecule has 0 saturated carbocycles. The van der Waals surface area contributed by atoms with E-state index in [1.807, 2.05) is 0 Å². The predicted molar refractivity (Wildman–Crippen MR) is 28.9 cm³/mol. The fraction of sp³-hybridized carbons (Fsp3) is 0.600. The summed E-state index contributed by atoms with van der Waals surface area (Å²) in [6.45, 7) is 0.0241. The molecule has 0 unspecified atom stereocenters. The molecule has 0 radical (unpaired) electrons. The van der Waals surface area contributed by atoms with Crippen molar-refractivity contribution in [3.05, 3.63) is 11.8 Å². The highest BCUT2D eigenvalue weighted by molar-refractivity contribution is 4.99. The summed E-state index contributed by atoms with van der Waals surface area (Å²) in [6.07, 6.45) is -14.9. The molecule has 0 heterocycles. The molecule has 0 aromatic carbocycles. The lowest BCUT2D eigenvalue weighted by Crippen LogP contribution is -2.46. The van der Waals surface area contributed by atoms with Gasteiger partial charge in [0.15, 0.2) is 0 Å². The summed E-state index contributed by atoms with van der Waals surface area (Å²) in [4.78, 5) is -2.25. The first-order chi connectivity index (χ1) is 5.98. The van der Waals surface area contributed by atoms with Crippen LogP contribution in [0.1, 0.15) is 6.92 Å². The Kier molecular flexibility index (Phi) is 3.35. The summed E-state index contributed by atoms with van der Waals surface area (Å²) in [7, 11) is 0. The molecule has 0 aliphatic carbocycles. The first-order valence-electron chi connectivity index (χ1n) is 2.93. The lowest BCUT2D eigenvalue weighted by Gasteiger charge is -2.28. The first kappa shape index (κ1) is 13.0. The Balaban J connectivity index is 5.27. The number of alkyl halides is 6. The van der Waals surface area contributed by atoms with E-state index in [4.69, 9.17) is 0 Å². The topological polar surface area (TPSA) is 3.24 Å². The van der Waals surface area contributed by atoms with Crippen molar-refractivity contribution in [2.45, 2.75) is 19.5 Å². The number of nitrogens with zero attached hydrogens (tertiary/aromatic N) is 1. The van der Waals surface area contributed by atoms with Gasteiger partial charge < -0.3 is 0 Å². The Morgan fingerprint density at radius 3 is 1.21 bits per heavy atom. The summed E-state index contributed by atoms with van der Waals surface area (Å²) in [5.41, 5.74) is -2.19. The van der Waals surface area contributed by atoms with Crippen molar-refractivity contribution < 1.29 is 35.1 Å². The average molecular weight is 229 g/mol. The summed E-state index contributed by atoms with van der Waals surface area (Å²) in [6, 6.07) is 0. The molecular formula is C5H3F8N. The molecule has 0 bridgehead atoms. The summed E-state index contributed by atoms with van der Waals surface area (Å²) in [5.74, 6) is 0. The molecule has 0 amide bonds. The van der Waals surface area contributed by atoms with Gasteiger partial charge >= 0.3 is 12.6 Å². The third-order valence-electron chi connectivity index (χ3n) is 1.12. The molecule has 0 aliphatic heterocycles. The van der Waals surface area contributed by atoms with Crippen LogP contribution in [0.3, 0.4) is 0 Å². The van der Waals surface area contributed by atoms with Crippen LogP contribution < -0.4 is 0 Å². The second-order valence-corrected chi connectivity index (χ2v) is 2.12. The predicted octanol–water partition coefficient (Wildman–Crippen LogP) is 3.46. The monoisotopic (exact) mass is 229 g/mol. The molecule has 0 spiro atoms. The quantitative estimate of drug-likeness (QED) is 0.491. The van der Waals surface area contributed by atoms with Gasteiger partial charge in [-0.25, -0.2) is 0 Å². The zero-order valence-corrected chi connectivity index (χ0v) is 6.47. The summed E-state index contributed by atoms with van der Waals surface area (Å²) < 4.78 is 93.1. The Hall–Kier alpha value is -1.02. The third-order valence-corrected chi connectivity index (χ3v) is 1.12. The van der Waals surface area contributed by atoms with E-state index in [-0.39, 0.29) is 6.92 Å². The van der Waals surface area contributed by atoms with E-state index in [1.165, 1.54) is 0 Å². The van der Waals surface area contributed by atoms with Crippen molar-refractivity contribution in [3.63, 3.8) is 0 Å². The normalized spacial score (nSPS) is 12.6. The molecule has 84 valence electrons. The minimum absolute atomic E-state index is 0.0241. The van der Waals surface area contributed by atoms with Crippen LogP contribution in [-0.4, -0.2) is 17.5 Å². The molecule has 0 atom stereocenters. The Morgan fingerprint density at radius 1 is 0.857 bits per heavy atom. The molecular weight excluding hydrogens is 226 g/mol. The van der Waals surface area contributed by atoms with Crippen molar-refractivity contribution in [1.29, 1.82) is 0 Å². The highest BCUT2D eigenvalue weighted by atomic mass is 19.4. The molecule has 9 heteroatoms. The van der Waals surface area contributed by atoms with Gasteiger partial charge in [0.25, 0.3) is 6.08 Å². The fourth-order valence-corrected chi connectivity index (χ4v) is 0.609. The standard InChI is InChI=1S/C5H3F8N/c1-2(3(6)7)14(4(8,9)10)5(11,12)13/h1H3. The van der Waals surface area contributed by atoms with E-state index in [1.54, 1.807) is 0 Å². The molecule has 0 aliphatic rings. The van der Waals surface area contributed by atoms with Crippen LogP contribution in [0.2, 0.25) is 0 Å². The number of halogens is 8. The number of allylic oxidation sites excluding steroid dienone is 1. The van der Waals surface area contributed by atoms with Crippen molar-refractivity contribution in [3.8, 4) is 0 Å². The zero-order valence-electron chi connectivity index (χ0n) is 6.47. The van der Waals surface area contributed by atoms with Crippen LogP contribution in [0.5, 0.6) is 0 Å². The maximum atomic E-state index is 11.7. The van der Waals surface area contributed by atoms with Crippen molar-refractivity contribution >= 4 is 0 Å². The van der Waals surface area contributed by atoms with Gasteiger partial charge in [-0.05, 0) is 6.92 Å². The lowest BCUT2D eigenvalue weighted by atomic mass is 10.5. The van der Waals surface area contributed by atoms with Gasteiger partial charge in [0.1, 0.15) is 0 Å². The van der Waals surface area contributed by atoms with Crippen LogP contribution in [0, 0.1) is 0 Å². The molecule has 0 aromatic heterocycles. The second kappa shape index (κ2) is 3.62. The van der Waals surface area contributed by atoms with E-state index in [0.717, 1.165) is 0 Å². The number of rotatable bonds is 1. The van der Waals surface area contributed by atoms with Crippen LogP contribution >= 0.6 is 0 Å². The van der Waals surface area contributed by atoms with E-state index >= 15 is 0 Å². The van der Waals surface area contributed by atoms with Crippen molar-refractivity contribution in [1.82, 2.24) is 4.90 Å². The molecule has 0 aromatic rings. The molecule has 1 nitrogen and oxygen atoms in total. The van der Waals surface area contributed by atoms with Crippen LogP contribution in [0.4, 0.5) is 35.1 Å². The fourth-order valence-electron chi connectivity index (χ4n) is 0.609. The van der Waals surface area contributed by atoms with E-state index < -0.39 is 29.3 Å². The Labute approximate surface area is 72.6 Å². The minimum atomic E-state index is -5.92. The maximum absolute atomic E-state index is 11.7. The lowest BCUT2D eigenvalue weighted by molar-refractivity contribution is -0.359. The summed E-state index contributed by atoms with van der Waals surface area (Å²) in [5, 5.41) is 0. The second-order valence-electron chi connectivity index (χ2n) is 2.12. The van der Waals surface area contributed by atoms with Crippen molar-refractivity contribution in [2.24, 2.45) is 0 Å². The molecule has 0 fully saturated rings. The third kappa shape index (κ3) is 3.04. The average Bonchev–Trinajstić information content (AvgIpc) is 1.79. The van der Waals surface area contributed by atoms with Gasteiger partial charge in [-0.2, -0.15) is 13.7 Å². The number of hydrogen-bond acceptors (Lipinski definition) is 1. The minimum Gasteiger partial charge on any atom is -0.192 e. The Bertz CT molecular complexity index is 217. The highest BCUT2D eigenvalue weighted by Crippen LogP contribution is 2.38. The van der Waals surface area contributed by atoms with Crippen LogP contribution in [-0.2, 0) is 0 Å². The van der Waals surface area contributed by atoms with Crippen molar-refractivity contribution in [2.75, 3.05) is 0 Å². The number of hydrogen-bond donors (Lipinski definition) is 0. The zero-order chi connectivity index (χ0) is 11.7. The molecule has 0 saturated heterocycles. The molecule has 0 rings (SSSR count). The van der Waals surface area contributed by atoms with E-state index in [2.05, 4.69) is 0 Å². The summed E-state index contributed by atoms with van der Waals surface area (Å²) >= 11 is 0. The maximum Gasteiger partial charge on any atom is 0.491 e. The van der Waals surface area contributed by atoms with Gasteiger partial charge in [0, 0.05) is 0 Å². The first-order valence-corrected chi connectivity index (χ1v) is 2.93. The van der Waals surface area contributed by atoms with Crippen LogP contribution in [0.15, 0.2) is 11.8 Å². The van der Waals surface area contributed by atoms with E-state index in [0.29, 0.717) is 0 Å². The smallest absolute Gasteiger partial charge is 0.192 e. The Morgan fingerprint density at radius 2 is 1.14 bits per heavy atom. The van der Waals surface area contributed by atoms with Gasteiger partial charge in [-0.1, -0.05) is 0 Å². The highest BCUT2D eigenvalue weighted by Gasteiger charge is 2.54. The largest absolute Gasteiger partial charge is 0.491 e. The molecule has 14 heavy (non-hydrogen) atoms. The van der Waals surface area contributed by atoms with Crippen LogP contribution in [0.25, 0.3) is 0 Å². The van der Waals surface area contributed by atoms with Gasteiger partial charge in [-0.15, -0.1) is 26.3 Å². The van der Waals surface area contributed by atoms with E-state index in [9.17, 15) is 35.1 Å². The van der Waals surface area contributed by atoms with Gasteiger partial charge in [-0.3, -0.25) is 0 Å². The van der Waals surface area contributed by atoms with Gasteiger partial charge in [0.2, 0.25) is 0 Å². The SMILES string of the molecule is CC(=C(F)F)N(C(F)(F)F)C(F)(F)F. The molecule has 0 N–H and O–H groups in total. The van der Waals surface area contributed by atoms with Gasteiger partial charge in [0.05, 0.1) is 5.70 Å².